The van der Waals surface area contributed by atoms with E-state index in [4.69, 9.17) is 5.73 Å². The second-order valence-electron chi connectivity index (χ2n) is 6.02. The second-order valence-corrected chi connectivity index (χ2v) is 6.93. The Labute approximate surface area is 164 Å². The van der Waals surface area contributed by atoms with Crippen molar-refractivity contribution in [3.8, 4) is 11.3 Å². The van der Waals surface area contributed by atoms with Crippen molar-refractivity contribution in [3.63, 3.8) is 0 Å². The van der Waals surface area contributed by atoms with Gasteiger partial charge in [0.25, 0.3) is 0 Å². The molecule has 0 radical (unpaired) electrons. The SMILES string of the molecule is NC(=O)c1ccc(-c2nnc(Nc3ccc(Br)cc3)c3ccccc23)cc1. The molecule has 3 aromatic carbocycles. The lowest BCUT2D eigenvalue weighted by atomic mass is 10.0. The highest BCUT2D eigenvalue weighted by Gasteiger charge is 2.11. The molecular formula is C21H15BrN4O. The zero-order valence-electron chi connectivity index (χ0n) is 14.2. The number of nitrogens with two attached hydrogens (primary N) is 1. The number of amides is 1. The number of nitrogens with one attached hydrogen (secondary N) is 1. The van der Waals surface area contributed by atoms with Gasteiger partial charge in [-0.05, 0) is 36.4 Å². The number of hydrogen-bond acceptors (Lipinski definition) is 4. The van der Waals surface area contributed by atoms with Crippen LogP contribution in [-0.4, -0.2) is 16.1 Å². The average molecular weight is 419 g/mol. The molecule has 1 heterocycles. The van der Waals surface area contributed by atoms with E-state index in [0.29, 0.717) is 11.4 Å². The molecule has 6 heteroatoms. The number of benzene rings is 3. The predicted molar refractivity (Wildman–Crippen MR) is 111 cm³/mol. The monoisotopic (exact) mass is 418 g/mol. The maximum absolute atomic E-state index is 11.3. The quantitative estimate of drug-likeness (QED) is 0.493. The fourth-order valence-electron chi connectivity index (χ4n) is 2.87. The minimum Gasteiger partial charge on any atom is -0.366 e. The van der Waals surface area contributed by atoms with Crippen LogP contribution in [0.15, 0.2) is 77.3 Å². The molecule has 0 saturated heterocycles. The van der Waals surface area contributed by atoms with E-state index in [-0.39, 0.29) is 0 Å². The van der Waals surface area contributed by atoms with E-state index in [9.17, 15) is 4.79 Å². The molecular weight excluding hydrogens is 404 g/mol. The molecule has 27 heavy (non-hydrogen) atoms. The van der Waals surface area contributed by atoms with Crippen LogP contribution >= 0.6 is 15.9 Å². The van der Waals surface area contributed by atoms with Crippen molar-refractivity contribution in [2.24, 2.45) is 5.73 Å². The lowest BCUT2D eigenvalue weighted by Crippen LogP contribution is -2.10. The zero-order chi connectivity index (χ0) is 18.8. The highest BCUT2D eigenvalue weighted by atomic mass is 79.9. The summed E-state index contributed by atoms with van der Waals surface area (Å²) in [6, 6.07) is 22.9. The lowest BCUT2D eigenvalue weighted by Gasteiger charge is -2.11. The number of anilines is 2. The van der Waals surface area contributed by atoms with E-state index in [1.165, 1.54) is 0 Å². The van der Waals surface area contributed by atoms with Gasteiger partial charge in [-0.1, -0.05) is 52.3 Å². The molecule has 0 bridgehead atoms. The van der Waals surface area contributed by atoms with Gasteiger partial charge in [0.15, 0.2) is 5.82 Å². The highest BCUT2D eigenvalue weighted by molar-refractivity contribution is 9.10. The molecule has 0 aliphatic carbocycles. The van der Waals surface area contributed by atoms with Crippen LogP contribution in [0.5, 0.6) is 0 Å². The Balaban J connectivity index is 1.78. The molecule has 0 atom stereocenters. The summed E-state index contributed by atoms with van der Waals surface area (Å²) in [5.74, 6) is 0.233. The summed E-state index contributed by atoms with van der Waals surface area (Å²) < 4.78 is 1.01. The standard InChI is InChI=1S/C21H15BrN4O/c22-15-9-11-16(12-10-15)24-21-18-4-2-1-3-17(18)19(25-26-21)13-5-7-14(8-6-13)20(23)27/h1-12H,(H2,23,27)(H,24,26). The van der Waals surface area contributed by atoms with Crippen molar-refractivity contribution in [2.45, 2.75) is 0 Å². The van der Waals surface area contributed by atoms with Crippen molar-refractivity contribution in [1.29, 1.82) is 0 Å². The van der Waals surface area contributed by atoms with E-state index in [2.05, 4.69) is 31.4 Å². The summed E-state index contributed by atoms with van der Waals surface area (Å²) in [7, 11) is 0. The minimum absolute atomic E-state index is 0.452. The third-order valence-corrected chi connectivity index (χ3v) is 4.77. The smallest absolute Gasteiger partial charge is 0.248 e. The largest absolute Gasteiger partial charge is 0.366 e. The molecule has 3 N–H and O–H groups in total. The Kier molecular flexibility index (Phi) is 4.56. The molecule has 0 spiro atoms. The summed E-state index contributed by atoms with van der Waals surface area (Å²) >= 11 is 3.44. The first-order valence-corrected chi connectivity index (χ1v) is 9.09. The maximum atomic E-state index is 11.3. The molecule has 1 aromatic heterocycles. The number of nitrogens with zero attached hydrogens (tertiary/aromatic N) is 2. The first kappa shape index (κ1) is 17.2. The molecule has 4 rings (SSSR count). The van der Waals surface area contributed by atoms with Gasteiger partial charge in [-0.15, -0.1) is 10.2 Å². The van der Waals surface area contributed by atoms with Crippen LogP contribution in [0.1, 0.15) is 10.4 Å². The molecule has 132 valence electrons. The van der Waals surface area contributed by atoms with Gasteiger partial charge in [0.05, 0.1) is 0 Å². The highest BCUT2D eigenvalue weighted by Crippen LogP contribution is 2.31. The van der Waals surface area contributed by atoms with Crippen LogP contribution < -0.4 is 11.1 Å². The molecule has 0 aliphatic heterocycles. The average Bonchev–Trinajstić information content (AvgIpc) is 2.70. The number of carbonyl (C=O) groups is 1. The van der Waals surface area contributed by atoms with Gasteiger partial charge in [0.1, 0.15) is 5.69 Å². The van der Waals surface area contributed by atoms with Crippen LogP contribution in [0, 0.1) is 0 Å². The first-order valence-electron chi connectivity index (χ1n) is 8.30. The second kappa shape index (κ2) is 7.17. The number of halogens is 1. The van der Waals surface area contributed by atoms with Gasteiger partial charge in [0, 0.05) is 32.1 Å². The lowest BCUT2D eigenvalue weighted by molar-refractivity contribution is 0.100. The van der Waals surface area contributed by atoms with E-state index >= 15 is 0 Å². The van der Waals surface area contributed by atoms with E-state index in [1.54, 1.807) is 12.1 Å². The van der Waals surface area contributed by atoms with Crippen LogP contribution in [0.4, 0.5) is 11.5 Å². The molecule has 1 amide bonds. The Morgan fingerprint density at radius 1 is 0.852 bits per heavy atom. The third kappa shape index (κ3) is 3.52. The summed E-state index contributed by atoms with van der Waals surface area (Å²) in [4.78, 5) is 11.3. The van der Waals surface area contributed by atoms with Gasteiger partial charge in [0.2, 0.25) is 5.91 Å². The van der Waals surface area contributed by atoms with Gasteiger partial charge < -0.3 is 11.1 Å². The summed E-state index contributed by atoms with van der Waals surface area (Å²) in [5, 5.41) is 14.1. The topological polar surface area (TPSA) is 80.9 Å². The fraction of sp³-hybridized carbons (Fsp3) is 0. The van der Waals surface area contributed by atoms with Crippen LogP contribution in [0.25, 0.3) is 22.0 Å². The minimum atomic E-state index is -0.452. The fourth-order valence-corrected chi connectivity index (χ4v) is 3.14. The Morgan fingerprint density at radius 3 is 2.19 bits per heavy atom. The molecule has 0 aliphatic rings. The normalized spacial score (nSPS) is 10.7. The van der Waals surface area contributed by atoms with Crippen molar-refractivity contribution >= 4 is 44.1 Å². The Bertz CT molecular complexity index is 1130. The predicted octanol–water partition coefficient (Wildman–Crippen LogP) is 4.90. The first-order chi connectivity index (χ1) is 13.1. The third-order valence-electron chi connectivity index (χ3n) is 4.24. The van der Waals surface area contributed by atoms with Gasteiger partial charge >= 0.3 is 0 Å². The zero-order valence-corrected chi connectivity index (χ0v) is 15.8. The number of fused-ring (bicyclic) bond motifs is 1. The Hall–Kier alpha value is -3.25. The van der Waals surface area contributed by atoms with Crippen LogP contribution in [-0.2, 0) is 0 Å². The number of primary amides is 1. The van der Waals surface area contributed by atoms with Crippen molar-refractivity contribution in [2.75, 3.05) is 5.32 Å². The van der Waals surface area contributed by atoms with Gasteiger partial charge in [-0.3, -0.25) is 4.79 Å². The molecule has 5 nitrogen and oxygen atoms in total. The van der Waals surface area contributed by atoms with E-state index in [0.717, 1.165) is 32.2 Å². The maximum Gasteiger partial charge on any atom is 0.248 e. The van der Waals surface area contributed by atoms with Crippen molar-refractivity contribution < 1.29 is 4.79 Å². The number of aromatic nitrogens is 2. The number of rotatable bonds is 4. The van der Waals surface area contributed by atoms with Crippen LogP contribution in [0.3, 0.4) is 0 Å². The van der Waals surface area contributed by atoms with Crippen molar-refractivity contribution in [3.05, 3.63) is 82.8 Å². The summed E-state index contributed by atoms with van der Waals surface area (Å²) in [6.07, 6.45) is 0. The summed E-state index contributed by atoms with van der Waals surface area (Å²) in [6.45, 7) is 0. The van der Waals surface area contributed by atoms with Gasteiger partial charge in [-0.2, -0.15) is 0 Å². The molecule has 0 saturated carbocycles. The van der Waals surface area contributed by atoms with Crippen LogP contribution in [0.2, 0.25) is 0 Å². The number of carbonyl (C=O) groups excluding carboxylic acids is 1. The van der Waals surface area contributed by atoms with Crippen molar-refractivity contribution in [1.82, 2.24) is 10.2 Å². The van der Waals surface area contributed by atoms with E-state index < -0.39 is 5.91 Å². The molecule has 4 aromatic rings. The molecule has 0 fully saturated rings. The van der Waals surface area contributed by atoms with Gasteiger partial charge in [-0.25, -0.2) is 0 Å². The van der Waals surface area contributed by atoms with E-state index in [1.807, 2.05) is 60.7 Å². The number of hydrogen-bond donors (Lipinski definition) is 2. The Morgan fingerprint density at radius 2 is 1.52 bits per heavy atom. The molecule has 0 unspecified atom stereocenters. The summed E-state index contributed by atoms with van der Waals surface area (Å²) in [5.41, 5.74) is 8.33.